The van der Waals surface area contributed by atoms with Crippen LogP contribution in [0.15, 0.2) is 10.7 Å². The molecule has 118 valence electrons. The zero-order valence-electron chi connectivity index (χ0n) is 12.1. The maximum atomic E-state index is 13.2. The van der Waals surface area contributed by atoms with Crippen LogP contribution < -0.4 is 10.1 Å². The Bertz CT molecular complexity index is 630. The van der Waals surface area contributed by atoms with Crippen LogP contribution in [0, 0.1) is 5.82 Å². The average molecular weight is 309 g/mol. The van der Waals surface area contributed by atoms with Gasteiger partial charge in [-0.1, -0.05) is 5.16 Å². The van der Waals surface area contributed by atoms with E-state index < -0.39 is 5.82 Å². The molecule has 22 heavy (non-hydrogen) atoms. The van der Waals surface area contributed by atoms with Crippen LogP contribution in [0.25, 0.3) is 0 Å². The number of methoxy groups -OCH3 is 1. The fourth-order valence-corrected chi connectivity index (χ4v) is 2.14. The monoisotopic (exact) mass is 309 g/mol. The largest absolute Gasteiger partial charge is 0.479 e. The molecule has 0 aromatic carbocycles. The average Bonchev–Trinajstić information content (AvgIpc) is 3.19. The summed E-state index contributed by atoms with van der Waals surface area (Å²) in [6, 6.07) is 0. The first-order valence-corrected chi connectivity index (χ1v) is 7.00. The molecule has 1 N–H and O–H groups in total. The van der Waals surface area contributed by atoms with Crippen molar-refractivity contribution in [2.75, 3.05) is 25.6 Å². The van der Waals surface area contributed by atoms with Crippen LogP contribution in [0.3, 0.4) is 0 Å². The van der Waals surface area contributed by atoms with Crippen molar-refractivity contribution in [2.45, 2.75) is 25.4 Å². The summed E-state index contributed by atoms with van der Waals surface area (Å²) >= 11 is 0. The van der Waals surface area contributed by atoms with Gasteiger partial charge >= 0.3 is 0 Å². The van der Waals surface area contributed by atoms with E-state index in [4.69, 9.17) is 14.0 Å². The number of halogens is 1. The van der Waals surface area contributed by atoms with Crippen molar-refractivity contribution in [3.05, 3.63) is 23.7 Å². The van der Waals surface area contributed by atoms with Gasteiger partial charge in [-0.25, -0.2) is 4.98 Å². The lowest BCUT2D eigenvalue weighted by atomic mass is 10.2. The highest BCUT2D eigenvalue weighted by Gasteiger charge is 2.23. The van der Waals surface area contributed by atoms with Crippen LogP contribution in [0.4, 0.5) is 10.3 Å². The molecule has 0 bridgehead atoms. The Kier molecular flexibility index (Phi) is 4.42. The van der Waals surface area contributed by atoms with Crippen molar-refractivity contribution in [3.8, 4) is 5.88 Å². The first-order valence-electron chi connectivity index (χ1n) is 7.00. The minimum absolute atomic E-state index is 0.0843. The van der Waals surface area contributed by atoms with Crippen LogP contribution in [0.1, 0.15) is 30.7 Å². The Labute approximate surface area is 126 Å². The first-order chi connectivity index (χ1) is 10.8. The molecule has 0 radical (unpaired) electrons. The molecule has 1 aliphatic heterocycles. The number of anilines is 1. The van der Waals surface area contributed by atoms with Crippen LogP contribution in [-0.4, -0.2) is 40.4 Å². The molecular formula is C13H16FN5O3. The van der Waals surface area contributed by atoms with E-state index in [0.717, 1.165) is 25.6 Å². The molecule has 8 nitrogen and oxygen atoms in total. The smallest absolute Gasteiger partial charge is 0.255 e. The van der Waals surface area contributed by atoms with Gasteiger partial charge in [-0.15, -0.1) is 0 Å². The summed E-state index contributed by atoms with van der Waals surface area (Å²) in [4.78, 5) is 12.0. The number of aromatic nitrogens is 4. The molecule has 1 aliphatic rings. The zero-order valence-corrected chi connectivity index (χ0v) is 12.1. The maximum Gasteiger partial charge on any atom is 0.255 e. The van der Waals surface area contributed by atoms with E-state index in [-0.39, 0.29) is 17.9 Å². The van der Waals surface area contributed by atoms with Crippen LogP contribution in [-0.2, 0) is 11.2 Å². The van der Waals surface area contributed by atoms with E-state index in [2.05, 4.69) is 25.4 Å². The normalized spacial score (nSPS) is 17.6. The molecule has 3 heterocycles. The van der Waals surface area contributed by atoms with E-state index >= 15 is 0 Å². The summed E-state index contributed by atoms with van der Waals surface area (Å²) in [5.74, 6) is 0.672. The van der Waals surface area contributed by atoms with E-state index in [1.807, 2.05) is 0 Å². The highest BCUT2D eigenvalue weighted by atomic mass is 19.1. The number of nitrogens with zero attached hydrogens (tertiary/aromatic N) is 4. The molecule has 0 amide bonds. The third-order valence-corrected chi connectivity index (χ3v) is 3.23. The van der Waals surface area contributed by atoms with Gasteiger partial charge in [0.25, 0.3) is 11.8 Å². The molecule has 0 spiro atoms. The Morgan fingerprint density at radius 2 is 2.36 bits per heavy atom. The second-order valence-electron chi connectivity index (χ2n) is 4.78. The van der Waals surface area contributed by atoms with Crippen LogP contribution in [0.5, 0.6) is 5.88 Å². The highest BCUT2D eigenvalue weighted by Crippen LogP contribution is 2.26. The third-order valence-electron chi connectivity index (χ3n) is 3.23. The predicted octanol–water partition coefficient (Wildman–Crippen LogP) is 1.51. The van der Waals surface area contributed by atoms with E-state index in [0.29, 0.717) is 24.7 Å². The number of nitrogens with one attached hydrogen (secondary N) is 1. The molecule has 2 aromatic rings. The molecule has 0 saturated carbocycles. The molecule has 3 rings (SSSR count). The number of hydrogen-bond acceptors (Lipinski definition) is 8. The lowest BCUT2D eigenvalue weighted by molar-refractivity contribution is 0.0835. The SMILES string of the molecule is COc1nc(NCCc2noc(C3CCCO3)n2)ncc1F. The first kappa shape index (κ1) is 14.6. The van der Waals surface area contributed by atoms with Crippen molar-refractivity contribution < 1.29 is 18.4 Å². The van der Waals surface area contributed by atoms with Crippen molar-refractivity contribution >= 4 is 5.95 Å². The van der Waals surface area contributed by atoms with Gasteiger partial charge in [0.15, 0.2) is 5.82 Å². The molecule has 9 heteroatoms. The van der Waals surface area contributed by atoms with Crippen molar-refractivity contribution in [3.63, 3.8) is 0 Å². The highest BCUT2D eigenvalue weighted by molar-refractivity contribution is 5.28. The van der Waals surface area contributed by atoms with Crippen molar-refractivity contribution in [2.24, 2.45) is 0 Å². The van der Waals surface area contributed by atoms with E-state index in [1.54, 1.807) is 0 Å². The summed E-state index contributed by atoms with van der Waals surface area (Å²) < 4.78 is 28.6. The lowest BCUT2D eigenvalue weighted by Crippen LogP contribution is -2.10. The number of hydrogen-bond donors (Lipinski definition) is 1. The van der Waals surface area contributed by atoms with Gasteiger partial charge in [-0.2, -0.15) is 14.4 Å². The standard InChI is InChI=1S/C13H16FN5O3/c1-20-11-8(14)7-16-13(18-11)15-5-4-10-17-12(22-19-10)9-3-2-6-21-9/h7,9H,2-6H2,1H3,(H,15,16,18). The van der Waals surface area contributed by atoms with Gasteiger partial charge in [-0.3, -0.25) is 0 Å². The fraction of sp³-hybridized carbons (Fsp3) is 0.538. The third kappa shape index (κ3) is 3.30. The second kappa shape index (κ2) is 6.65. The molecule has 1 fully saturated rings. The molecule has 2 aromatic heterocycles. The van der Waals surface area contributed by atoms with Gasteiger partial charge in [-0.05, 0) is 12.8 Å². The zero-order chi connectivity index (χ0) is 15.4. The molecule has 1 atom stereocenters. The topological polar surface area (TPSA) is 95.2 Å². The fourth-order valence-electron chi connectivity index (χ4n) is 2.14. The number of ether oxygens (including phenoxy) is 2. The summed E-state index contributed by atoms with van der Waals surface area (Å²) in [7, 11) is 1.35. The van der Waals surface area contributed by atoms with Gasteiger partial charge in [0.05, 0.1) is 13.3 Å². The summed E-state index contributed by atoms with van der Waals surface area (Å²) in [5.41, 5.74) is 0. The summed E-state index contributed by atoms with van der Waals surface area (Å²) in [6.45, 7) is 1.22. The Hall–Kier alpha value is -2.29. The lowest BCUT2D eigenvalue weighted by Gasteiger charge is -2.05. The minimum atomic E-state index is -0.604. The number of rotatable bonds is 6. The predicted molar refractivity (Wildman–Crippen MR) is 73.0 cm³/mol. The van der Waals surface area contributed by atoms with Crippen LogP contribution >= 0.6 is 0 Å². The van der Waals surface area contributed by atoms with E-state index in [1.165, 1.54) is 7.11 Å². The summed E-state index contributed by atoms with van der Waals surface area (Å²) in [6.07, 6.45) is 3.41. The van der Waals surface area contributed by atoms with Gasteiger partial charge in [0, 0.05) is 19.6 Å². The van der Waals surface area contributed by atoms with Crippen molar-refractivity contribution in [1.29, 1.82) is 0 Å². The second-order valence-corrected chi connectivity index (χ2v) is 4.78. The molecule has 1 saturated heterocycles. The Balaban J connectivity index is 1.52. The quantitative estimate of drug-likeness (QED) is 0.858. The molecule has 0 aliphatic carbocycles. The molecular weight excluding hydrogens is 293 g/mol. The van der Waals surface area contributed by atoms with Gasteiger partial charge < -0.3 is 19.3 Å². The Morgan fingerprint density at radius 1 is 1.45 bits per heavy atom. The van der Waals surface area contributed by atoms with Crippen LogP contribution in [0.2, 0.25) is 0 Å². The minimum Gasteiger partial charge on any atom is -0.479 e. The van der Waals surface area contributed by atoms with Gasteiger partial charge in [0.2, 0.25) is 11.8 Å². The summed E-state index contributed by atoms with van der Waals surface area (Å²) in [5, 5.41) is 6.86. The molecule has 1 unspecified atom stereocenters. The Morgan fingerprint density at radius 3 is 3.14 bits per heavy atom. The van der Waals surface area contributed by atoms with Crippen molar-refractivity contribution in [1.82, 2.24) is 20.1 Å². The van der Waals surface area contributed by atoms with E-state index in [9.17, 15) is 4.39 Å². The maximum absolute atomic E-state index is 13.2. The van der Waals surface area contributed by atoms with Gasteiger partial charge in [0.1, 0.15) is 6.10 Å².